The Morgan fingerprint density at radius 1 is 1.20 bits per heavy atom. The molecule has 25 heavy (non-hydrogen) atoms. The van der Waals surface area contributed by atoms with E-state index in [1.54, 1.807) is 0 Å². The fourth-order valence-electron chi connectivity index (χ4n) is 2.93. The number of hydrogen-bond donors (Lipinski definition) is 0. The molecule has 0 aliphatic rings. The lowest BCUT2D eigenvalue weighted by atomic mass is 10.1. The Bertz CT molecular complexity index is 693. The van der Waals surface area contributed by atoms with Crippen LogP contribution < -0.4 is 0 Å². The van der Waals surface area contributed by atoms with Crippen LogP contribution in [0.2, 0.25) is 5.02 Å². The minimum absolute atomic E-state index is 0.236. The lowest BCUT2D eigenvalue weighted by molar-refractivity contribution is -0.134. The molecule has 1 amide bonds. The fourth-order valence-corrected chi connectivity index (χ4v) is 3.14. The van der Waals surface area contributed by atoms with E-state index in [2.05, 4.69) is 50.6 Å². The highest BCUT2D eigenvalue weighted by atomic mass is 35.5. The van der Waals surface area contributed by atoms with E-state index >= 15 is 0 Å². The Morgan fingerprint density at radius 3 is 2.60 bits per heavy atom. The van der Waals surface area contributed by atoms with Gasteiger partial charge in [0.1, 0.15) is 0 Å². The summed E-state index contributed by atoms with van der Waals surface area (Å²) in [5.74, 6) is 0.608. The molecule has 1 atom stereocenters. The zero-order valence-electron chi connectivity index (χ0n) is 15.7. The molecule has 3 nitrogen and oxygen atoms in total. The van der Waals surface area contributed by atoms with Crippen LogP contribution in [0.5, 0.6) is 0 Å². The van der Waals surface area contributed by atoms with Gasteiger partial charge in [-0.2, -0.15) is 0 Å². The molecule has 2 rings (SSSR count). The maximum absolute atomic E-state index is 12.7. The first-order chi connectivity index (χ1) is 11.9. The molecule has 1 heterocycles. The van der Waals surface area contributed by atoms with Gasteiger partial charge in [0, 0.05) is 35.9 Å². The molecule has 0 fully saturated rings. The molecule has 1 unspecified atom stereocenters. The van der Waals surface area contributed by atoms with Crippen molar-refractivity contribution in [3.05, 3.63) is 58.9 Å². The van der Waals surface area contributed by atoms with E-state index in [1.807, 2.05) is 29.2 Å². The zero-order valence-corrected chi connectivity index (χ0v) is 16.5. The van der Waals surface area contributed by atoms with Crippen molar-refractivity contribution in [3.63, 3.8) is 0 Å². The predicted octanol–water partition coefficient (Wildman–Crippen LogP) is 5.36. The van der Waals surface area contributed by atoms with Gasteiger partial charge >= 0.3 is 0 Å². The Labute approximate surface area is 156 Å². The number of aromatic nitrogens is 1. The van der Waals surface area contributed by atoms with Gasteiger partial charge in [-0.25, -0.2) is 0 Å². The average molecular weight is 361 g/mol. The summed E-state index contributed by atoms with van der Waals surface area (Å²) < 4.78 is 2.20. The average Bonchev–Trinajstić information content (AvgIpc) is 2.98. The summed E-state index contributed by atoms with van der Waals surface area (Å²) in [5.41, 5.74) is 2.31. The number of rotatable bonds is 8. The molecule has 4 heteroatoms. The molecule has 0 radical (unpaired) electrons. The first-order valence-electron chi connectivity index (χ1n) is 9.08. The summed E-state index contributed by atoms with van der Waals surface area (Å²) in [4.78, 5) is 14.7. The molecular weight excluding hydrogens is 332 g/mol. The molecule has 2 aromatic rings. The second kappa shape index (κ2) is 9.10. The predicted molar refractivity (Wildman–Crippen MR) is 105 cm³/mol. The van der Waals surface area contributed by atoms with Crippen molar-refractivity contribution in [2.45, 2.75) is 59.7 Å². The van der Waals surface area contributed by atoms with Crippen LogP contribution in [-0.4, -0.2) is 21.4 Å². The van der Waals surface area contributed by atoms with E-state index in [0.717, 1.165) is 29.2 Å². The number of halogens is 1. The first kappa shape index (κ1) is 19.6. The molecule has 0 aliphatic carbocycles. The Hall–Kier alpha value is -1.74. The Kier molecular flexibility index (Phi) is 7.12. The molecule has 136 valence electrons. The second-order valence-electron chi connectivity index (χ2n) is 7.13. The maximum Gasteiger partial charge on any atom is 0.223 e. The lowest BCUT2D eigenvalue weighted by Crippen LogP contribution is -2.38. The molecule has 1 aromatic heterocycles. The summed E-state index contributed by atoms with van der Waals surface area (Å²) >= 11 is 6.10. The van der Waals surface area contributed by atoms with Crippen LogP contribution in [0.3, 0.4) is 0 Å². The van der Waals surface area contributed by atoms with Crippen LogP contribution in [0.1, 0.15) is 51.8 Å². The largest absolute Gasteiger partial charge is 0.345 e. The van der Waals surface area contributed by atoms with Crippen LogP contribution in [-0.2, 0) is 17.9 Å². The van der Waals surface area contributed by atoms with Gasteiger partial charge < -0.3 is 9.47 Å². The van der Waals surface area contributed by atoms with Gasteiger partial charge in [0.05, 0.1) is 6.54 Å². The van der Waals surface area contributed by atoms with Crippen LogP contribution in [0.4, 0.5) is 0 Å². The molecule has 0 aliphatic heterocycles. The molecular formula is C21H29ClN2O. The summed E-state index contributed by atoms with van der Waals surface area (Å²) in [6, 6.07) is 12.3. The van der Waals surface area contributed by atoms with Crippen LogP contribution in [0, 0.1) is 5.92 Å². The van der Waals surface area contributed by atoms with Crippen LogP contribution >= 0.6 is 11.6 Å². The highest BCUT2D eigenvalue weighted by molar-refractivity contribution is 6.30. The summed E-state index contributed by atoms with van der Waals surface area (Å²) in [5, 5.41) is 0.750. The van der Waals surface area contributed by atoms with E-state index in [9.17, 15) is 4.79 Å². The number of carbonyl (C=O) groups excluding carboxylic acids is 1. The number of benzene rings is 1. The van der Waals surface area contributed by atoms with Crippen molar-refractivity contribution in [2.24, 2.45) is 5.92 Å². The summed E-state index contributed by atoms with van der Waals surface area (Å²) in [6.45, 7) is 9.85. The maximum atomic E-state index is 12.7. The van der Waals surface area contributed by atoms with Crippen molar-refractivity contribution in [2.75, 3.05) is 0 Å². The lowest BCUT2D eigenvalue weighted by Gasteiger charge is -2.30. The van der Waals surface area contributed by atoms with Crippen molar-refractivity contribution in [3.8, 4) is 0 Å². The SMILES string of the molecule is CCC(C)N(Cc1cccn1Cc1cccc(Cl)c1)C(=O)CC(C)C. The molecule has 0 saturated heterocycles. The smallest absolute Gasteiger partial charge is 0.223 e. The van der Waals surface area contributed by atoms with Gasteiger partial charge in [-0.05, 0) is 49.1 Å². The molecule has 0 spiro atoms. The fraction of sp³-hybridized carbons (Fsp3) is 0.476. The standard InChI is InChI=1S/C21H29ClN2O/c1-5-17(4)24(21(25)12-16(2)3)15-20-10-7-11-23(20)14-18-8-6-9-19(22)13-18/h6-11,13,16-17H,5,12,14-15H2,1-4H3. The molecule has 0 N–H and O–H groups in total. The highest BCUT2D eigenvalue weighted by Crippen LogP contribution is 2.18. The van der Waals surface area contributed by atoms with E-state index < -0.39 is 0 Å². The van der Waals surface area contributed by atoms with Crippen molar-refractivity contribution >= 4 is 17.5 Å². The zero-order chi connectivity index (χ0) is 18.4. The third-order valence-electron chi connectivity index (χ3n) is 4.52. The number of amides is 1. The summed E-state index contributed by atoms with van der Waals surface area (Å²) in [6.07, 6.45) is 3.62. The van der Waals surface area contributed by atoms with Gasteiger partial charge in [-0.15, -0.1) is 0 Å². The highest BCUT2D eigenvalue weighted by Gasteiger charge is 2.21. The molecule has 1 aromatic carbocycles. The Balaban J connectivity index is 2.17. The van der Waals surface area contributed by atoms with Crippen LogP contribution in [0.25, 0.3) is 0 Å². The molecule has 0 bridgehead atoms. The third-order valence-corrected chi connectivity index (χ3v) is 4.76. The second-order valence-corrected chi connectivity index (χ2v) is 7.57. The number of carbonyl (C=O) groups is 1. The summed E-state index contributed by atoms with van der Waals surface area (Å²) in [7, 11) is 0. The number of hydrogen-bond acceptors (Lipinski definition) is 1. The van der Waals surface area contributed by atoms with E-state index in [-0.39, 0.29) is 11.9 Å². The van der Waals surface area contributed by atoms with Crippen molar-refractivity contribution < 1.29 is 4.79 Å². The van der Waals surface area contributed by atoms with Crippen LogP contribution in [0.15, 0.2) is 42.6 Å². The first-order valence-corrected chi connectivity index (χ1v) is 9.46. The monoisotopic (exact) mass is 360 g/mol. The van der Waals surface area contributed by atoms with Crippen molar-refractivity contribution in [1.82, 2.24) is 9.47 Å². The quantitative estimate of drug-likeness (QED) is 0.621. The van der Waals surface area contributed by atoms with Gasteiger partial charge in [0.2, 0.25) is 5.91 Å². The van der Waals surface area contributed by atoms with Gasteiger partial charge in [-0.3, -0.25) is 4.79 Å². The van der Waals surface area contributed by atoms with Crippen molar-refractivity contribution in [1.29, 1.82) is 0 Å². The normalized spacial score (nSPS) is 12.4. The van der Waals surface area contributed by atoms with Gasteiger partial charge in [-0.1, -0.05) is 44.5 Å². The third kappa shape index (κ3) is 5.64. The molecule has 0 saturated carbocycles. The Morgan fingerprint density at radius 2 is 1.96 bits per heavy atom. The number of nitrogens with zero attached hydrogens (tertiary/aromatic N) is 2. The van der Waals surface area contributed by atoms with Gasteiger partial charge in [0.25, 0.3) is 0 Å². The minimum atomic E-state index is 0.236. The van der Waals surface area contributed by atoms with E-state index in [1.165, 1.54) is 0 Å². The van der Waals surface area contributed by atoms with Gasteiger partial charge in [0.15, 0.2) is 0 Å². The topological polar surface area (TPSA) is 25.2 Å². The minimum Gasteiger partial charge on any atom is -0.345 e. The van der Waals surface area contributed by atoms with E-state index in [0.29, 0.717) is 18.9 Å². The van der Waals surface area contributed by atoms with E-state index in [4.69, 9.17) is 11.6 Å².